The molecule has 1 heterocycles. The Morgan fingerprint density at radius 3 is 2.70 bits per heavy atom. The van der Waals surface area contributed by atoms with Crippen LogP contribution in [0.1, 0.15) is 34.1 Å². The second-order valence-electron chi connectivity index (χ2n) is 5.50. The average Bonchev–Trinajstić information content (AvgIpc) is 2.31. The maximum absolute atomic E-state index is 11.7. The van der Waals surface area contributed by atoms with E-state index in [1.165, 1.54) is 0 Å². The van der Waals surface area contributed by atoms with E-state index in [-0.39, 0.29) is 11.4 Å². The van der Waals surface area contributed by atoms with Gasteiger partial charge in [0.2, 0.25) is 11.8 Å². The van der Waals surface area contributed by atoms with Gasteiger partial charge in [-0.1, -0.05) is 0 Å². The van der Waals surface area contributed by atoms with Gasteiger partial charge in [0, 0.05) is 18.5 Å². The summed E-state index contributed by atoms with van der Waals surface area (Å²) >= 11 is 0. The van der Waals surface area contributed by atoms with Crippen LogP contribution < -0.4 is 21.1 Å². The quantitative estimate of drug-likeness (QED) is 0.739. The molecule has 1 rings (SSSR count). The van der Waals surface area contributed by atoms with Crippen LogP contribution in [0.2, 0.25) is 0 Å². The SMILES string of the molecule is CCOc1nc(NCCC(=O)NC(C)(C)C)ccc1N. The molecule has 0 aliphatic carbocycles. The maximum Gasteiger partial charge on any atom is 0.239 e. The summed E-state index contributed by atoms with van der Waals surface area (Å²) < 4.78 is 5.32. The Morgan fingerprint density at radius 1 is 1.40 bits per heavy atom. The zero-order valence-corrected chi connectivity index (χ0v) is 12.6. The zero-order valence-electron chi connectivity index (χ0n) is 12.6. The zero-order chi connectivity index (χ0) is 15.2. The van der Waals surface area contributed by atoms with E-state index >= 15 is 0 Å². The van der Waals surface area contributed by atoms with Gasteiger partial charge < -0.3 is 21.1 Å². The number of aromatic nitrogens is 1. The highest BCUT2D eigenvalue weighted by Gasteiger charge is 2.13. The second-order valence-corrected chi connectivity index (χ2v) is 5.50. The minimum absolute atomic E-state index is 0.00507. The van der Waals surface area contributed by atoms with Gasteiger partial charge in [-0.25, -0.2) is 0 Å². The number of carbonyl (C=O) groups is 1. The molecule has 0 aromatic carbocycles. The first-order valence-corrected chi connectivity index (χ1v) is 6.76. The number of anilines is 2. The van der Waals surface area contributed by atoms with Gasteiger partial charge in [0.05, 0.1) is 12.3 Å². The minimum atomic E-state index is -0.210. The number of nitrogens with two attached hydrogens (primary N) is 1. The Balaban J connectivity index is 2.46. The van der Waals surface area contributed by atoms with Crippen molar-refractivity contribution in [3.8, 4) is 5.88 Å². The molecule has 6 heteroatoms. The van der Waals surface area contributed by atoms with Crippen LogP contribution in [0.15, 0.2) is 12.1 Å². The summed E-state index contributed by atoms with van der Waals surface area (Å²) in [5, 5.41) is 5.98. The second kappa shape index (κ2) is 6.98. The fourth-order valence-corrected chi connectivity index (χ4v) is 1.59. The number of nitrogens with zero attached hydrogens (tertiary/aromatic N) is 1. The summed E-state index contributed by atoms with van der Waals surface area (Å²) in [5.41, 5.74) is 6.04. The Hall–Kier alpha value is -1.98. The van der Waals surface area contributed by atoms with Crippen molar-refractivity contribution in [1.82, 2.24) is 10.3 Å². The lowest BCUT2D eigenvalue weighted by Crippen LogP contribution is -2.41. The molecule has 4 N–H and O–H groups in total. The van der Waals surface area contributed by atoms with Crippen molar-refractivity contribution in [3.63, 3.8) is 0 Å². The molecule has 0 spiro atoms. The van der Waals surface area contributed by atoms with Crippen LogP contribution in [0.25, 0.3) is 0 Å². The van der Waals surface area contributed by atoms with E-state index in [1.54, 1.807) is 12.1 Å². The summed E-state index contributed by atoms with van der Waals surface area (Å²) in [7, 11) is 0. The van der Waals surface area contributed by atoms with Gasteiger partial charge in [0.1, 0.15) is 5.82 Å². The molecule has 0 radical (unpaired) electrons. The Labute approximate surface area is 120 Å². The van der Waals surface area contributed by atoms with Crippen LogP contribution in [0.5, 0.6) is 5.88 Å². The topological polar surface area (TPSA) is 89.3 Å². The molecule has 0 bridgehead atoms. The molecule has 20 heavy (non-hydrogen) atoms. The number of hydrogen-bond acceptors (Lipinski definition) is 5. The van der Waals surface area contributed by atoms with Crippen LogP contribution in [0.4, 0.5) is 11.5 Å². The monoisotopic (exact) mass is 280 g/mol. The normalized spacial score (nSPS) is 11.0. The Bertz CT molecular complexity index is 455. The average molecular weight is 280 g/mol. The lowest BCUT2D eigenvalue weighted by molar-refractivity contribution is -0.122. The van der Waals surface area contributed by atoms with Crippen molar-refractivity contribution >= 4 is 17.4 Å². The van der Waals surface area contributed by atoms with E-state index in [2.05, 4.69) is 15.6 Å². The minimum Gasteiger partial charge on any atom is -0.476 e. The smallest absolute Gasteiger partial charge is 0.239 e. The molecule has 0 aliphatic heterocycles. The Kier molecular flexibility index (Phi) is 5.61. The summed E-state index contributed by atoms with van der Waals surface area (Å²) in [4.78, 5) is 15.9. The lowest BCUT2D eigenvalue weighted by Gasteiger charge is -2.20. The molecule has 1 amide bonds. The highest BCUT2D eigenvalue weighted by atomic mass is 16.5. The van der Waals surface area contributed by atoms with Gasteiger partial charge in [0.15, 0.2) is 0 Å². The third-order valence-corrected chi connectivity index (χ3v) is 2.34. The number of pyridine rings is 1. The van der Waals surface area contributed by atoms with Gasteiger partial charge in [-0.05, 0) is 39.8 Å². The largest absolute Gasteiger partial charge is 0.476 e. The fraction of sp³-hybridized carbons (Fsp3) is 0.571. The van der Waals surface area contributed by atoms with E-state index in [0.29, 0.717) is 37.0 Å². The number of nitrogen functional groups attached to an aromatic ring is 1. The highest BCUT2D eigenvalue weighted by Crippen LogP contribution is 2.20. The first kappa shape index (κ1) is 16.1. The van der Waals surface area contributed by atoms with Gasteiger partial charge >= 0.3 is 0 Å². The summed E-state index contributed by atoms with van der Waals surface area (Å²) in [6.45, 7) is 8.74. The number of nitrogens with one attached hydrogen (secondary N) is 2. The molecular formula is C14H24N4O2. The van der Waals surface area contributed by atoms with Gasteiger partial charge in [-0.2, -0.15) is 4.98 Å². The molecule has 0 saturated heterocycles. The summed E-state index contributed by atoms with van der Waals surface area (Å²) in [6.07, 6.45) is 0.382. The van der Waals surface area contributed by atoms with Crippen LogP contribution >= 0.6 is 0 Å². The van der Waals surface area contributed by atoms with Crippen molar-refractivity contribution in [3.05, 3.63) is 12.1 Å². The molecule has 0 saturated carbocycles. The van der Waals surface area contributed by atoms with Crippen molar-refractivity contribution in [2.45, 2.75) is 39.7 Å². The maximum atomic E-state index is 11.7. The molecular weight excluding hydrogens is 256 g/mol. The summed E-state index contributed by atoms with van der Waals surface area (Å²) in [6, 6.07) is 3.50. The first-order chi connectivity index (χ1) is 9.31. The van der Waals surface area contributed by atoms with Crippen molar-refractivity contribution in [1.29, 1.82) is 0 Å². The third-order valence-electron chi connectivity index (χ3n) is 2.34. The van der Waals surface area contributed by atoms with E-state index in [9.17, 15) is 4.79 Å². The third kappa shape index (κ3) is 5.77. The fourth-order valence-electron chi connectivity index (χ4n) is 1.59. The highest BCUT2D eigenvalue weighted by molar-refractivity contribution is 5.77. The van der Waals surface area contributed by atoms with E-state index in [4.69, 9.17) is 10.5 Å². The predicted molar refractivity (Wildman–Crippen MR) is 80.8 cm³/mol. The number of rotatable bonds is 6. The van der Waals surface area contributed by atoms with Crippen LogP contribution in [0.3, 0.4) is 0 Å². The van der Waals surface area contributed by atoms with E-state index < -0.39 is 0 Å². The number of carbonyl (C=O) groups excluding carboxylic acids is 1. The Morgan fingerprint density at radius 2 is 2.10 bits per heavy atom. The standard InChI is InChI=1S/C14H24N4O2/c1-5-20-13-10(15)6-7-11(17-13)16-9-8-12(19)18-14(2,3)4/h6-7H,5,8-9,15H2,1-4H3,(H,16,17)(H,18,19). The summed E-state index contributed by atoms with van der Waals surface area (Å²) in [5.74, 6) is 1.06. The van der Waals surface area contributed by atoms with Gasteiger partial charge in [0.25, 0.3) is 0 Å². The van der Waals surface area contributed by atoms with Crippen molar-refractivity contribution in [2.75, 3.05) is 24.2 Å². The number of amides is 1. The lowest BCUT2D eigenvalue weighted by atomic mass is 10.1. The molecule has 0 unspecified atom stereocenters. The predicted octanol–water partition coefficient (Wildman–Crippen LogP) is 1.78. The molecule has 1 aromatic heterocycles. The van der Waals surface area contributed by atoms with Crippen LogP contribution in [-0.4, -0.2) is 29.6 Å². The number of ether oxygens (including phenoxy) is 1. The molecule has 1 aromatic rings. The number of hydrogen-bond donors (Lipinski definition) is 3. The molecule has 0 atom stereocenters. The van der Waals surface area contributed by atoms with Crippen LogP contribution in [0, 0.1) is 0 Å². The van der Waals surface area contributed by atoms with Crippen LogP contribution in [-0.2, 0) is 4.79 Å². The van der Waals surface area contributed by atoms with E-state index in [0.717, 1.165) is 0 Å². The van der Waals surface area contributed by atoms with Crippen molar-refractivity contribution < 1.29 is 9.53 Å². The molecule has 6 nitrogen and oxygen atoms in total. The van der Waals surface area contributed by atoms with Gasteiger partial charge in [-0.15, -0.1) is 0 Å². The van der Waals surface area contributed by atoms with E-state index in [1.807, 2.05) is 27.7 Å². The molecule has 112 valence electrons. The van der Waals surface area contributed by atoms with Crippen molar-refractivity contribution in [2.24, 2.45) is 0 Å². The van der Waals surface area contributed by atoms with Gasteiger partial charge in [-0.3, -0.25) is 4.79 Å². The first-order valence-electron chi connectivity index (χ1n) is 6.76. The molecule has 0 fully saturated rings. The molecule has 0 aliphatic rings.